The molecule has 1 heterocycles. The lowest BCUT2D eigenvalue weighted by molar-refractivity contribution is -0.116. The van der Waals surface area contributed by atoms with Gasteiger partial charge in [0.15, 0.2) is 0 Å². The van der Waals surface area contributed by atoms with Crippen LogP contribution < -0.4 is 15.8 Å². The largest absolute Gasteiger partial charge is 0.399 e. The van der Waals surface area contributed by atoms with Crippen LogP contribution in [0.25, 0.3) is 0 Å². The maximum atomic E-state index is 13.0. The Hall–Kier alpha value is -2.09. The Morgan fingerprint density at radius 2 is 1.79 bits per heavy atom. The van der Waals surface area contributed by atoms with E-state index < -0.39 is 10.0 Å². The zero-order chi connectivity index (χ0) is 19.0. The van der Waals surface area contributed by atoms with Crippen molar-refractivity contribution < 1.29 is 13.2 Å². The fraction of sp³-hybridized carbons (Fsp3) is 0.350. The first-order valence-electron chi connectivity index (χ1n) is 9.26. The Kier molecular flexibility index (Phi) is 5.98. The van der Waals surface area contributed by atoms with Crippen LogP contribution in [-0.2, 0) is 27.7 Å². The molecule has 1 amide bonds. The molecule has 4 N–H and O–H groups in total. The van der Waals surface area contributed by atoms with E-state index in [0.717, 1.165) is 36.0 Å². The van der Waals surface area contributed by atoms with Crippen LogP contribution >= 0.6 is 12.4 Å². The third-order valence-corrected chi connectivity index (χ3v) is 6.76. The van der Waals surface area contributed by atoms with Crippen molar-refractivity contribution in [1.29, 1.82) is 0 Å². The molecule has 2 aromatic rings. The first kappa shape index (κ1) is 20.6. The SMILES string of the molecule is Cl.Nc1ccc2c(c1)CCCC2NS(=O)(=O)c1ccc2c(c1)CCCC(=O)N2. The van der Waals surface area contributed by atoms with Gasteiger partial charge in [0.1, 0.15) is 0 Å². The van der Waals surface area contributed by atoms with Crippen LogP contribution in [0.15, 0.2) is 41.3 Å². The van der Waals surface area contributed by atoms with Crippen molar-refractivity contribution in [1.82, 2.24) is 4.72 Å². The molecule has 1 atom stereocenters. The van der Waals surface area contributed by atoms with Crippen LogP contribution in [0.1, 0.15) is 48.4 Å². The summed E-state index contributed by atoms with van der Waals surface area (Å²) in [6.45, 7) is 0. The first-order valence-corrected chi connectivity index (χ1v) is 10.7. The van der Waals surface area contributed by atoms with Gasteiger partial charge in [0.05, 0.1) is 4.90 Å². The van der Waals surface area contributed by atoms with Crippen molar-refractivity contribution in [3.63, 3.8) is 0 Å². The van der Waals surface area contributed by atoms with Gasteiger partial charge in [-0.2, -0.15) is 0 Å². The lowest BCUT2D eigenvalue weighted by Crippen LogP contribution is -2.31. The molecular formula is C20H24ClN3O3S. The van der Waals surface area contributed by atoms with Gasteiger partial charge in [-0.3, -0.25) is 4.79 Å². The van der Waals surface area contributed by atoms with Crippen LogP contribution in [0, 0.1) is 0 Å². The number of nitrogens with one attached hydrogen (secondary N) is 2. The quantitative estimate of drug-likeness (QED) is 0.661. The molecule has 0 aromatic heterocycles. The molecule has 0 saturated carbocycles. The van der Waals surface area contributed by atoms with Gasteiger partial charge in [0, 0.05) is 23.8 Å². The summed E-state index contributed by atoms with van der Waals surface area (Å²) in [6.07, 6.45) is 4.45. The zero-order valence-corrected chi connectivity index (χ0v) is 17.0. The van der Waals surface area contributed by atoms with E-state index in [2.05, 4.69) is 10.0 Å². The van der Waals surface area contributed by atoms with E-state index in [9.17, 15) is 13.2 Å². The predicted molar refractivity (Wildman–Crippen MR) is 112 cm³/mol. The molecule has 28 heavy (non-hydrogen) atoms. The van der Waals surface area contributed by atoms with Crippen LogP contribution in [0.3, 0.4) is 0 Å². The number of hydrogen-bond donors (Lipinski definition) is 3. The maximum absolute atomic E-state index is 13.0. The molecule has 0 spiro atoms. The summed E-state index contributed by atoms with van der Waals surface area (Å²) in [4.78, 5) is 11.9. The highest BCUT2D eigenvalue weighted by atomic mass is 35.5. The smallest absolute Gasteiger partial charge is 0.241 e. The van der Waals surface area contributed by atoms with Crippen molar-refractivity contribution in [3.8, 4) is 0 Å². The molecule has 6 nitrogen and oxygen atoms in total. The fourth-order valence-corrected chi connectivity index (χ4v) is 5.23. The maximum Gasteiger partial charge on any atom is 0.241 e. The Morgan fingerprint density at radius 1 is 1.00 bits per heavy atom. The van der Waals surface area contributed by atoms with Crippen LogP contribution in [0.4, 0.5) is 11.4 Å². The Labute approximate surface area is 171 Å². The molecule has 4 rings (SSSR count). The Bertz CT molecular complexity index is 1010. The minimum atomic E-state index is -3.67. The number of carbonyl (C=O) groups excluding carboxylic acids is 1. The van der Waals surface area contributed by atoms with Crippen molar-refractivity contribution in [2.75, 3.05) is 11.1 Å². The summed E-state index contributed by atoms with van der Waals surface area (Å²) in [5, 5.41) is 2.83. The van der Waals surface area contributed by atoms with Gasteiger partial charge in [-0.25, -0.2) is 13.1 Å². The minimum Gasteiger partial charge on any atom is -0.399 e. The fourth-order valence-electron chi connectivity index (χ4n) is 3.93. The number of nitrogen functional groups attached to an aromatic ring is 1. The Morgan fingerprint density at radius 3 is 2.61 bits per heavy atom. The number of rotatable bonds is 3. The van der Waals surface area contributed by atoms with Gasteiger partial charge in [-0.15, -0.1) is 12.4 Å². The number of anilines is 2. The van der Waals surface area contributed by atoms with E-state index in [-0.39, 0.29) is 29.3 Å². The van der Waals surface area contributed by atoms with E-state index in [4.69, 9.17) is 5.73 Å². The molecular weight excluding hydrogens is 398 g/mol. The number of aryl methyl sites for hydroxylation is 2. The van der Waals surface area contributed by atoms with Crippen molar-refractivity contribution in [2.24, 2.45) is 0 Å². The number of nitrogens with two attached hydrogens (primary N) is 1. The molecule has 150 valence electrons. The number of benzene rings is 2. The summed E-state index contributed by atoms with van der Waals surface area (Å²) in [6, 6.07) is 10.3. The first-order chi connectivity index (χ1) is 12.9. The lowest BCUT2D eigenvalue weighted by Gasteiger charge is -2.26. The molecule has 0 saturated heterocycles. The average molecular weight is 422 g/mol. The molecule has 1 aliphatic heterocycles. The van der Waals surface area contributed by atoms with E-state index in [1.807, 2.05) is 18.2 Å². The second kappa shape index (κ2) is 8.11. The minimum absolute atomic E-state index is 0. The molecule has 2 aromatic carbocycles. The molecule has 1 aliphatic carbocycles. The molecule has 2 aliphatic rings. The number of hydrogen-bond acceptors (Lipinski definition) is 4. The highest BCUT2D eigenvalue weighted by Crippen LogP contribution is 2.33. The topological polar surface area (TPSA) is 101 Å². The second-order valence-corrected chi connectivity index (χ2v) is 8.96. The van der Waals surface area contributed by atoms with Crippen molar-refractivity contribution >= 4 is 39.7 Å². The summed E-state index contributed by atoms with van der Waals surface area (Å²) in [7, 11) is -3.67. The van der Waals surface area contributed by atoms with Crippen LogP contribution in [-0.4, -0.2) is 14.3 Å². The molecule has 0 fully saturated rings. The van der Waals surface area contributed by atoms with Gasteiger partial charge >= 0.3 is 0 Å². The van der Waals surface area contributed by atoms with Gasteiger partial charge < -0.3 is 11.1 Å². The standard InChI is InChI=1S/C20H23N3O3S.ClH/c21-15-7-9-17-13(11-15)3-1-5-19(17)23-27(25,26)16-8-10-18-14(12-16)4-2-6-20(24)22-18;/h7-12,19,23H,1-6,21H2,(H,22,24);1H. The average Bonchev–Trinajstić information content (AvgIpc) is 2.81. The second-order valence-electron chi connectivity index (χ2n) is 7.25. The predicted octanol–water partition coefficient (Wildman–Crippen LogP) is 3.32. The molecule has 0 bridgehead atoms. The number of sulfonamides is 1. The third-order valence-electron chi connectivity index (χ3n) is 5.29. The summed E-state index contributed by atoms with van der Waals surface area (Å²) < 4.78 is 28.8. The van der Waals surface area contributed by atoms with E-state index in [0.29, 0.717) is 30.6 Å². The number of carbonyl (C=O) groups is 1. The summed E-state index contributed by atoms with van der Waals surface area (Å²) in [5.74, 6) is -0.0273. The number of fused-ring (bicyclic) bond motifs is 2. The van der Waals surface area contributed by atoms with Gasteiger partial charge in [0.2, 0.25) is 15.9 Å². The molecule has 0 radical (unpaired) electrons. The van der Waals surface area contributed by atoms with Crippen molar-refractivity contribution in [3.05, 3.63) is 53.1 Å². The molecule has 1 unspecified atom stereocenters. The molecule has 8 heteroatoms. The lowest BCUT2D eigenvalue weighted by atomic mass is 9.88. The normalized spacial score (nSPS) is 18.9. The van der Waals surface area contributed by atoms with Gasteiger partial charge in [-0.05, 0) is 79.1 Å². The highest BCUT2D eigenvalue weighted by molar-refractivity contribution is 7.89. The van der Waals surface area contributed by atoms with Gasteiger partial charge in [-0.1, -0.05) is 6.07 Å². The summed E-state index contributed by atoms with van der Waals surface area (Å²) >= 11 is 0. The van der Waals surface area contributed by atoms with E-state index in [1.54, 1.807) is 18.2 Å². The monoisotopic (exact) mass is 421 g/mol. The summed E-state index contributed by atoms with van der Waals surface area (Å²) in [5.41, 5.74) is 10.2. The number of amides is 1. The third kappa shape index (κ3) is 4.16. The van der Waals surface area contributed by atoms with E-state index >= 15 is 0 Å². The van der Waals surface area contributed by atoms with Crippen molar-refractivity contribution in [2.45, 2.75) is 49.5 Å². The zero-order valence-electron chi connectivity index (χ0n) is 15.4. The van der Waals surface area contributed by atoms with Crippen LogP contribution in [0.5, 0.6) is 0 Å². The van der Waals surface area contributed by atoms with Crippen LogP contribution in [0.2, 0.25) is 0 Å². The number of halogens is 1. The Balaban J connectivity index is 0.00000225. The van der Waals surface area contributed by atoms with E-state index in [1.165, 1.54) is 0 Å². The highest BCUT2D eigenvalue weighted by Gasteiger charge is 2.26. The van der Waals surface area contributed by atoms with Gasteiger partial charge in [0.25, 0.3) is 0 Å².